The van der Waals surface area contributed by atoms with Gasteiger partial charge in [0, 0.05) is 6.42 Å². The van der Waals surface area contributed by atoms with Gasteiger partial charge in [-0.05, 0) is 31.6 Å². The molecule has 0 aromatic carbocycles. The standard InChI is InChI=1S/C19H36O2/c1-3-4-5-12-15-18(2)16-13-10-8-6-7-9-11-14-17-19(20)21/h13,16,18H,3-12,14-15,17H2,1-2H3,(H,20,21). The van der Waals surface area contributed by atoms with E-state index in [0.29, 0.717) is 6.42 Å². The van der Waals surface area contributed by atoms with Crippen LogP contribution in [0.5, 0.6) is 0 Å². The SMILES string of the molecule is CCCCCCC(C)C=CCCCCCCCCC(=O)O. The fraction of sp³-hybridized carbons (Fsp3) is 0.842. The Morgan fingerprint density at radius 3 is 2.24 bits per heavy atom. The zero-order valence-corrected chi connectivity index (χ0v) is 14.3. The number of unbranched alkanes of at least 4 members (excludes halogenated alkanes) is 9. The van der Waals surface area contributed by atoms with Crippen LogP contribution in [0, 0.1) is 5.92 Å². The molecule has 0 fully saturated rings. The Balaban J connectivity index is 3.25. The molecule has 0 bridgehead atoms. The molecule has 0 aromatic rings. The minimum atomic E-state index is -0.663. The van der Waals surface area contributed by atoms with Crippen LogP contribution in [-0.2, 0) is 4.79 Å². The highest BCUT2D eigenvalue weighted by Crippen LogP contribution is 2.13. The van der Waals surface area contributed by atoms with Gasteiger partial charge in [0.25, 0.3) is 0 Å². The van der Waals surface area contributed by atoms with Crippen molar-refractivity contribution in [1.82, 2.24) is 0 Å². The fourth-order valence-electron chi connectivity index (χ4n) is 2.56. The largest absolute Gasteiger partial charge is 0.481 e. The number of carboxylic acids is 1. The monoisotopic (exact) mass is 296 g/mol. The van der Waals surface area contributed by atoms with Crippen LogP contribution in [-0.4, -0.2) is 11.1 Å². The zero-order chi connectivity index (χ0) is 15.8. The van der Waals surface area contributed by atoms with E-state index < -0.39 is 5.97 Å². The molecule has 0 aromatic heterocycles. The van der Waals surface area contributed by atoms with Gasteiger partial charge in [-0.1, -0.05) is 77.4 Å². The molecule has 0 aliphatic heterocycles. The van der Waals surface area contributed by atoms with Crippen molar-refractivity contribution < 1.29 is 9.90 Å². The minimum absolute atomic E-state index is 0.332. The van der Waals surface area contributed by atoms with Gasteiger partial charge in [-0.15, -0.1) is 0 Å². The van der Waals surface area contributed by atoms with Crippen LogP contribution in [0.25, 0.3) is 0 Å². The lowest BCUT2D eigenvalue weighted by atomic mass is 10.0. The fourth-order valence-corrected chi connectivity index (χ4v) is 2.56. The van der Waals surface area contributed by atoms with E-state index in [9.17, 15) is 4.79 Å². The van der Waals surface area contributed by atoms with Gasteiger partial charge >= 0.3 is 5.97 Å². The summed E-state index contributed by atoms with van der Waals surface area (Å²) in [7, 11) is 0. The topological polar surface area (TPSA) is 37.3 Å². The molecule has 21 heavy (non-hydrogen) atoms. The Bertz CT molecular complexity index is 258. The first-order chi connectivity index (χ1) is 10.2. The van der Waals surface area contributed by atoms with Crippen molar-refractivity contribution in [3.8, 4) is 0 Å². The van der Waals surface area contributed by atoms with Gasteiger partial charge in [-0.2, -0.15) is 0 Å². The number of hydrogen-bond acceptors (Lipinski definition) is 1. The molecule has 0 amide bonds. The Morgan fingerprint density at radius 1 is 0.952 bits per heavy atom. The first kappa shape index (κ1) is 20.2. The molecular weight excluding hydrogens is 260 g/mol. The maximum Gasteiger partial charge on any atom is 0.303 e. The van der Waals surface area contributed by atoms with Crippen molar-refractivity contribution in [2.75, 3.05) is 0 Å². The maximum absolute atomic E-state index is 10.4. The molecule has 2 nitrogen and oxygen atoms in total. The summed E-state index contributed by atoms with van der Waals surface area (Å²) in [5.74, 6) is 0.0711. The molecule has 0 saturated heterocycles. The summed E-state index contributed by atoms with van der Waals surface area (Å²) in [5.41, 5.74) is 0. The van der Waals surface area contributed by atoms with E-state index in [1.54, 1.807) is 0 Å². The van der Waals surface area contributed by atoms with E-state index in [2.05, 4.69) is 26.0 Å². The third kappa shape index (κ3) is 17.2. The minimum Gasteiger partial charge on any atom is -0.481 e. The van der Waals surface area contributed by atoms with Crippen molar-refractivity contribution in [2.45, 2.75) is 97.3 Å². The molecule has 1 atom stereocenters. The Kier molecular flexibility index (Phi) is 15.0. The van der Waals surface area contributed by atoms with Crippen LogP contribution < -0.4 is 0 Å². The Morgan fingerprint density at radius 2 is 1.57 bits per heavy atom. The van der Waals surface area contributed by atoms with Gasteiger partial charge in [-0.25, -0.2) is 0 Å². The molecule has 0 rings (SSSR count). The van der Waals surface area contributed by atoms with Crippen LogP contribution in [0.4, 0.5) is 0 Å². The predicted octanol–water partition coefficient (Wildman–Crippen LogP) is 6.35. The average Bonchev–Trinajstić information content (AvgIpc) is 2.45. The molecule has 1 unspecified atom stereocenters. The van der Waals surface area contributed by atoms with Crippen molar-refractivity contribution >= 4 is 5.97 Å². The summed E-state index contributed by atoms with van der Waals surface area (Å²) in [6.45, 7) is 4.58. The van der Waals surface area contributed by atoms with Gasteiger partial charge in [0.1, 0.15) is 0 Å². The van der Waals surface area contributed by atoms with Crippen molar-refractivity contribution in [3.63, 3.8) is 0 Å². The molecular formula is C19H36O2. The van der Waals surface area contributed by atoms with Crippen LogP contribution >= 0.6 is 0 Å². The summed E-state index contributed by atoms with van der Waals surface area (Å²) in [5, 5.41) is 8.53. The van der Waals surface area contributed by atoms with Crippen LogP contribution in [0.1, 0.15) is 97.3 Å². The molecule has 2 heteroatoms. The van der Waals surface area contributed by atoms with Crippen molar-refractivity contribution in [3.05, 3.63) is 12.2 Å². The van der Waals surface area contributed by atoms with Crippen LogP contribution in [0.2, 0.25) is 0 Å². The third-order valence-corrected chi connectivity index (χ3v) is 3.99. The Labute approximate surface area is 132 Å². The number of hydrogen-bond donors (Lipinski definition) is 1. The average molecular weight is 296 g/mol. The van der Waals surface area contributed by atoms with Crippen LogP contribution in [0.3, 0.4) is 0 Å². The zero-order valence-electron chi connectivity index (χ0n) is 14.3. The van der Waals surface area contributed by atoms with Gasteiger partial charge in [0.05, 0.1) is 0 Å². The summed E-state index contributed by atoms with van der Waals surface area (Å²) in [6, 6.07) is 0. The molecule has 0 aliphatic carbocycles. The third-order valence-electron chi connectivity index (χ3n) is 3.99. The van der Waals surface area contributed by atoms with Gasteiger partial charge in [0.2, 0.25) is 0 Å². The van der Waals surface area contributed by atoms with Crippen molar-refractivity contribution in [2.24, 2.45) is 5.92 Å². The summed E-state index contributed by atoms with van der Waals surface area (Å²) >= 11 is 0. The summed E-state index contributed by atoms with van der Waals surface area (Å²) in [4.78, 5) is 10.4. The van der Waals surface area contributed by atoms with Gasteiger partial charge in [0.15, 0.2) is 0 Å². The summed E-state index contributed by atoms with van der Waals surface area (Å²) < 4.78 is 0. The molecule has 0 radical (unpaired) electrons. The lowest BCUT2D eigenvalue weighted by Gasteiger charge is -2.05. The second-order valence-corrected chi connectivity index (χ2v) is 6.31. The first-order valence-electron chi connectivity index (χ1n) is 9.05. The highest BCUT2D eigenvalue weighted by atomic mass is 16.4. The molecule has 124 valence electrons. The van der Waals surface area contributed by atoms with Crippen molar-refractivity contribution in [1.29, 1.82) is 0 Å². The van der Waals surface area contributed by atoms with E-state index in [1.165, 1.54) is 64.2 Å². The number of aliphatic carboxylic acids is 1. The quantitative estimate of drug-likeness (QED) is 0.282. The second-order valence-electron chi connectivity index (χ2n) is 6.31. The second kappa shape index (κ2) is 15.6. The molecule has 0 spiro atoms. The molecule has 0 aliphatic rings. The van der Waals surface area contributed by atoms with Gasteiger partial charge in [-0.3, -0.25) is 4.79 Å². The molecule has 0 saturated carbocycles. The van der Waals surface area contributed by atoms with E-state index >= 15 is 0 Å². The molecule has 0 heterocycles. The van der Waals surface area contributed by atoms with E-state index in [-0.39, 0.29) is 0 Å². The number of rotatable bonds is 15. The van der Waals surface area contributed by atoms with E-state index in [0.717, 1.165) is 18.8 Å². The maximum atomic E-state index is 10.4. The lowest BCUT2D eigenvalue weighted by Crippen LogP contribution is -1.93. The normalized spacial score (nSPS) is 12.9. The summed E-state index contributed by atoms with van der Waals surface area (Å²) in [6.07, 6.45) is 20.0. The van der Waals surface area contributed by atoms with Gasteiger partial charge < -0.3 is 5.11 Å². The highest BCUT2D eigenvalue weighted by Gasteiger charge is 1.97. The first-order valence-corrected chi connectivity index (χ1v) is 9.05. The number of allylic oxidation sites excluding steroid dienone is 2. The number of carboxylic acid groups (broad SMARTS) is 1. The highest BCUT2D eigenvalue weighted by molar-refractivity contribution is 5.66. The number of carbonyl (C=O) groups is 1. The Hall–Kier alpha value is -0.790. The van der Waals surface area contributed by atoms with Crippen LogP contribution in [0.15, 0.2) is 12.2 Å². The predicted molar refractivity (Wildman–Crippen MR) is 91.6 cm³/mol. The van der Waals surface area contributed by atoms with E-state index in [4.69, 9.17) is 5.11 Å². The lowest BCUT2D eigenvalue weighted by molar-refractivity contribution is -0.137. The smallest absolute Gasteiger partial charge is 0.303 e. The molecule has 1 N–H and O–H groups in total. The van der Waals surface area contributed by atoms with E-state index in [1.807, 2.05) is 0 Å².